The Morgan fingerprint density at radius 2 is 2.12 bits per heavy atom. The average Bonchev–Trinajstić information content (AvgIpc) is 3.08. The van der Waals surface area contributed by atoms with Gasteiger partial charge in [0.15, 0.2) is 5.96 Å². The minimum Gasteiger partial charge on any atom is -0.370 e. The highest BCUT2D eigenvalue weighted by Gasteiger charge is 2.25. The predicted molar refractivity (Wildman–Crippen MR) is 115 cm³/mol. The van der Waals surface area contributed by atoms with Crippen LogP contribution in [0.25, 0.3) is 0 Å². The topological polar surface area (TPSA) is 57.9 Å². The second-order valence-electron chi connectivity index (χ2n) is 6.89. The lowest BCUT2D eigenvalue weighted by Gasteiger charge is -2.35. The zero-order valence-electron chi connectivity index (χ0n) is 16.1. The Morgan fingerprint density at radius 1 is 1.31 bits per heavy atom. The number of aryl methyl sites for hydroxylation is 1. The third kappa shape index (κ3) is 6.09. The number of aliphatic imine (C=N–C) groups is 1. The lowest BCUT2D eigenvalue weighted by atomic mass is 10.1. The molecule has 1 N–H and O–H groups in total. The van der Waals surface area contributed by atoms with Gasteiger partial charge in [-0.25, -0.2) is 0 Å². The first-order valence-corrected chi connectivity index (χ1v) is 9.62. The van der Waals surface area contributed by atoms with E-state index in [1.54, 1.807) is 0 Å². The van der Waals surface area contributed by atoms with E-state index in [1.165, 1.54) is 32.4 Å². The molecule has 0 aliphatic carbocycles. The molecule has 0 amide bonds. The van der Waals surface area contributed by atoms with Crippen LogP contribution < -0.4 is 5.32 Å². The Morgan fingerprint density at radius 3 is 2.81 bits per heavy atom. The molecule has 0 aromatic carbocycles. The second kappa shape index (κ2) is 11.1. The van der Waals surface area contributed by atoms with E-state index in [1.807, 2.05) is 24.1 Å². The third-order valence-electron chi connectivity index (χ3n) is 4.92. The van der Waals surface area contributed by atoms with Gasteiger partial charge in [-0.1, -0.05) is 6.42 Å². The predicted octanol–water partition coefficient (Wildman–Crippen LogP) is 1.86. The van der Waals surface area contributed by atoms with Crippen molar-refractivity contribution in [3.8, 4) is 0 Å². The summed E-state index contributed by atoms with van der Waals surface area (Å²) >= 11 is 0. The van der Waals surface area contributed by atoms with Crippen molar-refractivity contribution in [2.45, 2.75) is 32.3 Å². The van der Waals surface area contributed by atoms with Gasteiger partial charge in [0, 0.05) is 38.4 Å². The second-order valence-corrected chi connectivity index (χ2v) is 6.89. The van der Waals surface area contributed by atoms with Crippen LogP contribution in [-0.4, -0.2) is 78.0 Å². The van der Waals surface area contributed by atoms with Gasteiger partial charge in [-0.3, -0.25) is 9.67 Å². The van der Waals surface area contributed by atoms with Gasteiger partial charge in [0.2, 0.25) is 0 Å². The molecule has 2 aliphatic heterocycles. The Kier molecular flexibility index (Phi) is 9.13. The van der Waals surface area contributed by atoms with Crippen LogP contribution in [0.1, 0.15) is 37.9 Å². The molecular formula is C18H33IN6O. The number of guanidine groups is 1. The van der Waals surface area contributed by atoms with Crippen LogP contribution in [0.15, 0.2) is 17.4 Å². The molecule has 2 fully saturated rings. The van der Waals surface area contributed by atoms with Gasteiger partial charge in [-0.2, -0.15) is 5.10 Å². The SMILES string of the molecule is CCNC(=NCCN1CCCCC1)N1CCOC(c2cnn(C)c2)C1.I. The molecule has 3 heterocycles. The van der Waals surface area contributed by atoms with E-state index in [0.717, 1.165) is 50.9 Å². The molecule has 7 nitrogen and oxygen atoms in total. The first kappa shape index (κ1) is 21.4. The van der Waals surface area contributed by atoms with Gasteiger partial charge in [-0.15, -0.1) is 24.0 Å². The van der Waals surface area contributed by atoms with Gasteiger partial charge in [0.25, 0.3) is 0 Å². The van der Waals surface area contributed by atoms with E-state index >= 15 is 0 Å². The van der Waals surface area contributed by atoms with Crippen molar-refractivity contribution in [1.82, 2.24) is 24.9 Å². The maximum Gasteiger partial charge on any atom is 0.194 e. The van der Waals surface area contributed by atoms with Crippen LogP contribution >= 0.6 is 24.0 Å². The zero-order chi connectivity index (χ0) is 17.5. The number of nitrogens with zero attached hydrogens (tertiary/aromatic N) is 5. The summed E-state index contributed by atoms with van der Waals surface area (Å²) in [7, 11) is 1.94. The van der Waals surface area contributed by atoms with Crippen molar-refractivity contribution in [3.05, 3.63) is 18.0 Å². The van der Waals surface area contributed by atoms with Gasteiger partial charge in [0.05, 0.1) is 25.9 Å². The van der Waals surface area contributed by atoms with Crippen molar-refractivity contribution in [1.29, 1.82) is 0 Å². The van der Waals surface area contributed by atoms with E-state index in [4.69, 9.17) is 9.73 Å². The molecule has 1 aromatic rings. The minimum atomic E-state index is 0. The quantitative estimate of drug-likeness (QED) is 0.400. The maximum absolute atomic E-state index is 5.95. The molecule has 2 saturated heterocycles. The fraction of sp³-hybridized carbons (Fsp3) is 0.778. The van der Waals surface area contributed by atoms with Crippen LogP contribution in [0.5, 0.6) is 0 Å². The number of nitrogens with one attached hydrogen (secondary N) is 1. The first-order chi connectivity index (χ1) is 12.3. The average molecular weight is 476 g/mol. The summed E-state index contributed by atoms with van der Waals surface area (Å²) in [6.07, 6.45) is 8.04. The molecule has 26 heavy (non-hydrogen) atoms. The standard InChI is InChI=1S/C18H32N6O.HI/c1-3-19-18(20-7-10-23-8-5-4-6-9-23)24-11-12-25-17(15-24)16-13-21-22(2)14-16;/h13-14,17H,3-12,15H2,1-2H3,(H,19,20);1H. The smallest absolute Gasteiger partial charge is 0.194 e. The number of ether oxygens (including phenoxy) is 1. The summed E-state index contributed by atoms with van der Waals surface area (Å²) in [5.74, 6) is 1.01. The van der Waals surface area contributed by atoms with Crippen LogP contribution in [0, 0.1) is 0 Å². The highest BCUT2D eigenvalue weighted by molar-refractivity contribution is 14.0. The lowest BCUT2D eigenvalue weighted by Crippen LogP contribution is -2.48. The number of morpholine rings is 1. The molecule has 2 aliphatic rings. The summed E-state index contributed by atoms with van der Waals surface area (Å²) in [6.45, 7) is 9.81. The summed E-state index contributed by atoms with van der Waals surface area (Å²) < 4.78 is 7.78. The number of hydrogen-bond acceptors (Lipinski definition) is 4. The van der Waals surface area contributed by atoms with Gasteiger partial charge in [-0.05, 0) is 32.9 Å². The molecule has 1 unspecified atom stereocenters. The van der Waals surface area contributed by atoms with Crippen LogP contribution in [0.2, 0.25) is 0 Å². The Bertz CT molecular complexity index is 558. The molecule has 148 valence electrons. The third-order valence-corrected chi connectivity index (χ3v) is 4.92. The lowest BCUT2D eigenvalue weighted by molar-refractivity contribution is -0.00805. The molecule has 0 saturated carbocycles. The monoisotopic (exact) mass is 476 g/mol. The molecule has 8 heteroatoms. The van der Waals surface area contributed by atoms with Gasteiger partial charge < -0.3 is 19.9 Å². The van der Waals surface area contributed by atoms with E-state index in [9.17, 15) is 0 Å². The van der Waals surface area contributed by atoms with Crippen LogP contribution in [-0.2, 0) is 11.8 Å². The summed E-state index contributed by atoms with van der Waals surface area (Å²) in [6, 6.07) is 0. The summed E-state index contributed by atoms with van der Waals surface area (Å²) in [4.78, 5) is 9.73. The fourth-order valence-electron chi connectivity index (χ4n) is 3.56. The molecule has 1 atom stereocenters. The zero-order valence-corrected chi connectivity index (χ0v) is 18.4. The van der Waals surface area contributed by atoms with E-state index in [2.05, 4.69) is 27.1 Å². The number of hydrogen-bond donors (Lipinski definition) is 1. The van der Waals surface area contributed by atoms with Crippen molar-refractivity contribution < 1.29 is 4.74 Å². The van der Waals surface area contributed by atoms with Gasteiger partial charge >= 0.3 is 0 Å². The highest BCUT2D eigenvalue weighted by atomic mass is 127. The number of rotatable bonds is 5. The van der Waals surface area contributed by atoms with Crippen molar-refractivity contribution in [2.24, 2.45) is 12.0 Å². The Balaban J connectivity index is 0.00000243. The van der Waals surface area contributed by atoms with Crippen LogP contribution in [0.3, 0.4) is 0 Å². The molecule has 0 bridgehead atoms. The Labute approximate surface area is 174 Å². The number of halogens is 1. The van der Waals surface area contributed by atoms with E-state index < -0.39 is 0 Å². The van der Waals surface area contributed by atoms with Crippen LogP contribution in [0.4, 0.5) is 0 Å². The van der Waals surface area contributed by atoms with E-state index in [0.29, 0.717) is 0 Å². The molecule has 0 radical (unpaired) electrons. The normalized spacial score (nSPS) is 22.2. The molecular weight excluding hydrogens is 443 g/mol. The number of piperidine rings is 1. The Hall–Kier alpha value is -0.870. The van der Waals surface area contributed by atoms with Crippen molar-refractivity contribution >= 4 is 29.9 Å². The minimum absolute atomic E-state index is 0. The molecule has 3 rings (SSSR count). The van der Waals surface area contributed by atoms with Crippen molar-refractivity contribution in [3.63, 3.8) is 0 Å². The molecule has 0 spiro atoms. The first-order valence-electron chi connectivity index (χ1n) is 9.62. The molecule has 1 aromatic heterocycles. The number of aromatic nitrogens is 2. The highest BCUT2D eigenvalue weighted by Crippen LogP contribution is 2.21. The van der Waals surface area contributed by atoms with Gasteiger partial charge in [0.1, 0.15) is 6.10 Å². The van der Waals surface area contributed by atoms with E-state index in [-0.39, 0.29) is 30.1 Å². The largest absolute Gasteiger partial charge is 0.370 e. The summed E-state index contributed by atoms with van der Waals surface area (Å²) in [5.41, 5.74) is 1.14. The number of likely N-dealkylation sites (tertiary alicyclic amines) is 1. The summed E-state index contributed by atoms with van der Waals surface area (Å²) in [5, 5.41) is 7.71. The maximum atomic E-state index is 5.95. The van der Waals surface area contributed by atoms with Crippen molar-refractivity contribution in [2.75, 3.05) is 52.4 Å². The fourth-order valence-corrected chi connectivity index (χ4v) is 3.56.